The molecule has 154 valence electrons. The van der Waals surface area contributed by atoms with Crippen LogP contribution in [0.3, 0.4) is 0 Å². The number of hydrogen-bond donors (Lipinski definition) is 0. The van der Waals surface area contributed by atoms with Crippen LogP contribution in [0.5, 0.6) is 5.75 Å². The molecule has 0 aliphatic heterocycles. The van der Waals surface area contributed by atoms with Gasteiger partial charge in [0.25, 0.3) is 0 Å². The fraction of sp³-hybridized carbons (Fsp3) is 0.300. The van der Waals surface area contributed by atoms with E-state index in [0.29, 0.717) is 12.2 Å². The van der Waals surface area contributed by atoms with Crippen molar-refractivity contribution in [3.63, 3.8) is 0 Å². The minimum atomic E-state index is -2.46. The van der Waals surface area contributed by atoms with Gasteiger partial charge in [-0.2, -0.15) is 0 Å². The second kappa shape index (κ2) is 12.2. The molecule has 0 spiro atoms. The number of carbonyl (C=O) groups is 2. The van der Waals surface area contributed by atoms with E-state index < -0.39 is 19.3 Å². The lowest BCUT2D eigenvalue weighted by Gasteiger charge is -2.16. The van der Waals surface area contributed by atoms with Gasteiger partial charge in [-0.1, -0.05) is 48.5 Å². The Morgan fingerprint density at radius 1 is 1.03 bits per heavy atom. The topological polar surface area (TPSA) is 82.1 Å². The number of benzene rings is 2. The van der Waals surface area contributed by atoms with E-state index in [2.05, 4.69) is 0 Å². The smallest absolute Gasteiger partial charge is 0.464 e. The van der Waals surface area contributed by atoms with Crippen LogP contribution in [-0.4, -0.2) is 29.4 Å². The Kier molecular flexibility index (Phi) is 9.57. The molecule has 0 N–H and O–H groups in total. The van der Waals surface area contributed by atoms with Gasteiger partial charge in [-0.3, -0.25) is 9.59 Å². The Hall–Kier alpha value is -2.47. The molecule has 2 atom stereocenters. The summed E-state index contributed by atoms with van der Waals surface area (Å²) in [6, 6.07) is 16.9. The fourth-order valence-corrected chi connectivity index (χ4v) is 3.26. The van der Waals surface area contributed by atoms with Crippen molar-refractivity contribution in [2.24, 2.45) is 0 Å². The summed E-state index contributed by atoms with van der Waals surface area (Å²) >= 11 is 5.66. The first-order valence-electron chi connectivity index (χ1n) is 8.98. The molecule has 0 amide bonds. The van der Waals surface area contributed by atoms with Crippen LogP contribution in [0.2, 0.25) is 0 Å². The zero-order valence-electron chi connectivity index (χ0n) is 15.9. The van der Waals surface area contributed by atoms with Crippen molar-refractivity contribution in [3.8, 4) is 5.75 Å². The third-order valence-corrected chi connectivity index (χ3v) is 4.97. The first kappa shape index (κ1) is 22.8. The molecule has 9 heteroatoms. The molecule has 2 aromatic carbocycles. The van der Waals surface area contributed by atoms with E-state index in [4.69, 9.17) is 25.6 Å². The summed E-state index contributed by atoms with van der Waals surface area (Å²) in [6.07, 6.45) is 0.418. The predicted octanol–water partition coefficient (Wildman–Crippen LogP) is 4.63. The van der Waals surface area contributed by atoms with Gasteiger partial charge >= 0.3 is 19.2 Å². The zero-order chi connectivity index (χ0) is 21.1. The largest absolute Gasteiger partial charge is 0.593 e. The number of esters is 2. The normalized spacial score (nSPS) is 12.2. The standard InChI is InChI=1S/C20H22ClNO6P/c1-16(22(29(21)25)28-18-11-6-3-7-12-18)20(24)26-14-8-13-19(23)27-15-17-9-4-2-5-10-17/h2-7,9-12,16H,8,13-15H2,1H3/q+1. The third kappa shape index (κ3) is 8.20. The van der Waals surface area contributed by atoms with Gasteiger partial charge in [-0.25, -0.2) is 0 Å². The average Bonchev–Trinajstić information content (AvgIpc) is 2.74. The predicted molar refractivity (Wildman–Crippen MR) is 108 cm³/mol. The van der Waals surface area contributed by atoms with Crippen LogP contribution in [0.1, 0.15) is 25.3 Å². The maximum atomic E-state index is 12.2. The van der Waals surface area contributed by atoms with Crippen molar-refractivity contribution in [1.82, 2.24) is 4.83 Å². The van der Waals surface area contributed by atoms with E-state index in [1.165, 1.54) is 6.92 Å². The second-order valence-corrected chi connectivity index (χ2v) is 7.74. The summed E-state index contributed by atoms with van der Waals surface area (Å²) in [6.45, 7) is 1.68. The van der Waals surface area contributed by atoms with Gasteiger partial charge in [0, 0.05) is 6.42 Å². The summed E-state index contributed by atoms with van der Waals surface area (Å²) < 4.78 is 22.0. The molecule has 0 radical (unpaired) electrons. The average molecular weight is 439 g/mol. The number of para-hydroxylation sites is 1. The van der Waals surface area contributed by atoms with Crippen LogP contribution in [0.15, 0.2) is 60.7 Å². The number of carbonyl (C=O) groups excluding carboxylic acids is 2. The molecule has 0 aliphatic rings. The minimum absolute atomic E-state index is 0.0157. The molecule has 0 saturated carbocycles. The lowest BCUT2D eigenvalue weighted by molar-refractivity contribution is -0.155. The summed E-state index contributed by atoms with van der Waals surface area (Å²) in [4.78, 5) is 30.2. The minimum Gasteiger partial charge on any atom is -0.464 e. The molecule has 2 rings (SSSR count). The Morgan fingerprint density at radius 3 is 2.28 bits per heavy atom. The van der Waals surface area contributed by atoms with Gasteiger partial charge < -0.3 is 14.3 Å². The number of hydrogen-bond acceptors (Lipinski definition) is 6. The molecule has 0 saturated heterocycles. The molecule has 0 aromatic heterocycles. The summed E-state index contributed by atoms with van der Waals surface area (Å²) in [5.74, 6) is -0.657. The fourth-order valence-electron chi connectivity index (χ4n) is 2.25. The third-order valence-electron chi connectivity index (χ3n) is 3.78. The van der Waals surface area contributed by atoms with E-state index in [9.17, 15) is 14.2 Å². The highest BCUT2D eigenvalue weighted by atomic mass is 35.7. The van der Waals surface area contributed by atoms with Crippen molar-refractivity contribution in [2.45, 2.75) is 32.4 Å². The van der Waals surface area contributed by atoms with Crippen molar-refractivity contribution < 1.29 is 28.5 Å². The summed E-state index contributed by atoms with van der Waals surface area (Å²) in [5.41, 5.74) is 0.898. The van der Waals surface area contributed by atoms with Gasteiger partial charge in [0.05, 0.1) is 6.61 Å². The van der Waals surface area contributed by atoms with Gasteiger partial charge in [0.2, 0.25) is 11.2 Å². The zero-order valence-corrected chi connectivity index (χ0v) is 17.6. The molecular formula is C20H22ClNO6P+. The Labute approximate surface area is 175 Å². The lowest BCUT2D eigenvalue weighted by Crippen LogP contribution is -2.37. The molecule has 2 unspecified atom stereocenters. The molecular weight excluding hydrogens is 417 g/mol. The van der Waals surface area contributed by atoms with E-state index in [-0.39, 0.29) is 25.6 Å². The van der Waals surface area contributed by atoms with Crippen LogP contribution in [-0.2, 0) is 30.2 Å². The number of ether oxygens (including phenoxy) is 2. The van der Waals surface area contributed by atoms with Crippen molar-refractivity contribution in [1.29, 1.82) is 0 Å². The Balaban J connectivity index is 1.71. The maximum absolute atomic E-state index is 12.2. The number of rotatable bonds is 11. The first-order valence-corrected chi connectivity index (χ1v) is 11.1. The van der Waals surface area contributed by atoms with Gasteiger partial charge in [-0.15, -0.1) is 0 Å². The molecule has 0 heterocycles. The molecule has 7 nitrogen and oxygen atoms in total. The molecule has 0 fully saturated rings. The van der Waals surface area contributed by atoms with E-state index in [1.54, 1.807) is 30.3 Å². The van der Waals surface area contributed by atoms with Crippen molar-refractivity contribution in [2.75, 3.05) is 6.61 Å². The highest BCUT2D eigenvalue weighted by Gasteiger charge is 2.40. The van der Waals surface area contributed by atoms with Gasteiger partial charge in [0.15, 0.2) is 11.8 Å². The van der Waals surface area contributed by atoms with E-state index in [1.807, 2.05) is 30.3 Å². The lowest BCUT2D eigenvalue weighted by atomic mass is 10.2. The maximum Gasteiger partial charge on any atom is 0.593 e. The summed E-state index contributed by atoms with van der Waals surface area (Å²) in [5, 5.41) is 0. The number of halogens is 1. The molecule has 2 aromatic rings. The van der Waals surface area contributed by atoms with Crippen LogP contribution >= 0.6 is 18.5 Å². The van der Waals surface area contributed by atoms with Crippen LogP contribution in [0.25, 0.3) is 0 Å². The summed E-state index contributed by atoms with van der Waals surface area (Å²) in [7, 11) is -2.46. The molecule has 0 aliphatic carbocycles. The monoisotopic (exact) mass is 438 g/mol. The Bertz CT molecular complexity index is 805. The SMILES string of the molecule is CC(C(=O)OCCCC(=O)OCc1ccccc1)N(Oc1ccccc1)[P+](=O)Cl. The van der Waals surface area contributed by atoms with E-state index in [0.717, 1.165) is 10.4 Å². The number of nitrogens with zero attached hydrogens (tertiary/aromatic N) is 1. The Morgan fingerprint density at radius 2 is 1.66 bits per heavy atom. The highest BCUT2D eigenvalue weighted by molar-refractivity contribution is 7.71. The van der Waals surface area contributed by atoms with Gasteiger partial charge in [0.1, 0.15) is 11.4 Å². The van der Waals surface area contributed by atoms with Crippen molar-refractivity contribution in [3.05, 3.63) is 66.2 Å². The first-order chi connectivity index (χ1) is 14.0. The van der Waals surface area contributed by atoms with Crippen LogP contribution < -0.4 is 4.84 Å². The van der Waals surface area contributed by atoms with E-state index >= 15 is 0 Å². The second-order valence-electron chi connectivity index (χ2n) is 6.03. The van der Waals surface area contributed by atoms with Crippen LogP contribution in [0, 0.1) is 0 Å². The molecule has 29 heavy (non-hydrogen) atoms. The van der Waals surface area contributed by atoms with Crippen LogP contribution in [0.4, 0.5) is 0 Å². The number of hydroxylamine groups is 1. The highest BCUT2D eigenvalue weighted by Crippen LogP contribution is 2.35. The molecule has 0 bridgehead atoms. The quantitative estimate of drug-likeness (QED) is 0.219. The van der Waals surface area contributed by atoms with Gasteiger partial charge in [-0.05, 0) is 35.6 Å². The van der Waals surface area contributed by atoms with Crippen molar-refractivity contribution >= 4 is 30.5 Å².